The maximum Gasteiger partial charge on any atom is 0.310 e. The van der Waals surface area contributed by atoms with Crippen molar-refractivity contribution in [1.29, 1.82) is 0 Å². The molecule has 33 heavy (non-hydrogen) atoms. The summed E-state index contributed by atoms with van der Waals surface area (Å²) in [6.45, 7) is 3.98. The minimum atomic E-state index is -1.06. The predicted octanol–water partition coefficient (Wildman–Crippen LogP) is 4.83. The fraction of sp³-hybridized carbons (Fsp3) is 0.261. The van der Waals surface area contributed by atoms with Crippen molar-refractivity contribution < 1.29 is 32.6 Å². The van der Waals surface area contributed by atoms with Crippen LogP contribution in [-0.4, -0.2) is 36.2 Å². The topological polar surface area (TPSA) is 86.8 Å². The first-order valence-corrected chi connectivity index (χ1v) is 11.0. The Labute approximate surface area is 193 Å². The van der Waals surface area contributed by atoms with E-state index in [0.717, 1.165) is 29.2 Å². The standard InChI is InChI=1S/C23H22F2N2O5S/c1-3-30-16-5-7-17(8-6-16)31-11-10-21(28)32-14(2)22(29)27-23-26-20(13-33-23)15-4-9-18(24)19(25)12-15/h4-9,12-14H,3,10-11H2,1-2H3,(H,26,27,29). The van der Waals surface area contributed by atoms with Crippen molar-refractivity contribution in [3.8, 4) is 22.8 Å². The van der Waals surface area contributed by atoms with Crippen LogP contribution in [0.5, 0.6) is 11.5 Å². The molecule has 0 saturated carbocycles. The third-order valence-electron chi connectivity index (χ3n) is 4.34. The molecule has 10 heteroatoms. The molecule has 1 heterocycles. The lowest BCUT2D eigenvalue weighted by molar-refractivity contribution is -0.153. The van der Waals surface area contributed by atoms with Crippen molar-refractivity contribution in [1.82, 2.24) is 4.98 Å². The van der Waals surface area contributed by atoms with Gasteiger partial charge in [-0.15, -0.1) is 11.3 Å². The molecule has 7 nitrogen and oxygen atoms in total. The molecule has 0 aliphatic rings. The highest BCUT2D eigenvalue weighted by atomic mass is 32.1. The van der Waals surface area contributed by atoms with Crippen LogP contribution in [0.3, 0.4) is 0 Å². The van der Waals surface area contributed by atoms with Gasteiger partial charge in [-0.2, -0.15) is 0 Å². The number of amides is 1. The summed E-state index contributed by atoms with van der Waals surface area (Å²) in [6.07, 6.45) is -1.10. The molecule has 1 unspecified atom stereocenters. The van der Waals surface area contributed by atoms with E-state index in [-0.39, 0.29) is 18.2 Å². The van der Waals surface area contributed by atoms with E-state index in [1.807, 2.05) is 6.92 Å². The first kappa shape index (κ1) is 24.1. The average molecular weight is 477 g/mol. The number of nitrogens with zero attached hydrogens (tertiary/aromatic N) is 1. The number of carbonyl (C=O) groups excluding carboxylic acids is 2. The number of ether oxygens (including phenoxy) is 3. The normalized spacial score (nSPS) is 11.5. The molecule has 0 saturated heterocycles. The number of esters is 1. The van der Waals surface area contributed by atoms with Crippen LogP contribution < -0.4 is 14.8 Å². The Kier molecular flexibility index (Phi) is 8.31. The molecule has 3 rings (SSSR count). The third-order valence-corrected chi connectivity index (χ3v) is 5.09. The lowest BCUT2D eigenvalue weighted by Gasteiger charge is -2.13. The zero-order valence-electron chi connectivity index (χ0n) is 18.0. The number of aromatic nitrogens is 1. The van der Waals surface area contributed by atoms with Gasteiger partial charge >= 0.3 is 5.97 Å². The minimum Gasteiger partial charge on any atom is -0.494 e. The van der Waals surface area contributed by atoms with Crippen LogP contribution in [0.25, 0.3) is 11.3 Å². The highest BCUT2D eigenvalue weighted by Gasteiger charge is 2.19. The molecule has 0 bridgehead atoms. The molecule has 1 aromatic heterocycles. The molecule has 3 aromatic rings. The molecule has 0 radical (unpaired) electrons. The van der Waals surface area contributed by atoms with Gasteiger partial charge < -0.3 is 14.2 Å². The Hall–Kier alpha value is -3.53. The number of hydrogen-bond donors (Lipinski definition) is 1. The van der Waals surface area contributed by atoms with E-state index in [2.05, 4.69) is 10.3 Å². The zero-order chi connectivity index (χ0) is 23.8. The van der Waals surface area contributed by atoms with Crippen LogP contribution in [-0.2, 0) is 14.3 Å². The third kappa shape index (κ3) is 6.98. The summed E-state index contributed by atoms with van der Waals surface area (Å²) in [7, 11) is 0. The first-order chi connectivity index (χ1) is 15.9. The van der Waals surface area contributed by atoms with Crippen molar-refractivity contribution in [3.63, 3.8) is 0 Å². The summed E-state index contributed by atoms with van der Waals surface area (Å²) in [5.74, 6) is -1.80. The summed E-state index contributed by atoms with van der Waals surface area (Å²) in [5, 5.41) is 4.37. The Balaban J connectivity index is 1.44. The lowest BCUT2D eigenvalue weighted by atomic mass is 10.2. The van der Waals surface area contributed by atoms with Crippen molar-refractivity contribution in [2.45, 2.75) is 26.4 Å². The number of hydrogen-bond acceptors (Lipinski definition) is 7. The highest BCUT2D eigenvalue weighted by molar-refractivity contribution is 7.14. The number of nitrogens with one attached hydrogen (secondary N) is 1. The van der Waals surface area contributed by atoms with Crippen molar-refractivity contribution in [2.75, 3.05) is 18.5 Å². The number of carbonyl (C=O) groups is 2. The van der Waals surface area contributed by atoms with Crippen LogP contribution in [0.1, 0.15) is 20.3 Å². The van der Waals surface area contributed by atoms with Gasteiger partial charge in [-0.05, 0) is 56.3 Å². The van der Waals surface area contributed by atoms with Crippen molar-refractivity contribution >= 4 is 28.3 Å². The highest BCUT2D eigenvalue weighted by Crippen LogP contribution is 2.26. The Bertz CT molecular complexity index is 1100. The van der Waals surface area contributed by atoms with Crippen LogP contribution in [0.4, 0.5) is 13.9 Å². The van der Waals surface area contributed by atoms with Gasteiger partial charge in [0.1, 0.15) is 11.5 Å². The molecule has 1 N–H and O–H groups in total. The monoisotopic (exact) mass is 476 g/mol. The predicted molar refractivity (Wildman–Crippen MR) is 119 cm³/mol. The van der Waals surface area contributed by atoms with E-state index >= 15 is 0 Å². The van der Waals surface area contributed by atoms with Crippen LogP contribution in [0.15, 0.2) is 47.8 Å². The second kappa shape index (κ2) is 11.4. The molecule has 1 amide bonds. The Morgan fingerprint density at radius 3 is 2.42 bits per heavy atom. The van der Waals surface area contributed by atoms with E-state index < -0.39 is 29.6 Å². The number of thiazole rings is 1. The van der Waals surface area contributed by atoms with Gasteiger partial charge in [-0.25, -0.2) is 13.8 Å². The molecule has 0 aliphatic carbocycles. The summed E-state index contributed by atoms with van der Waals surface area (Å²) in [5.41, 5.74) is 0.753. The fourth-order valence-electron chi connectivity index (χ4n) is 2.69. The van der Waals surface area contributed by atoms with Gasteiger partial charge in [-0.3, -0.25) is 14.9 Å². The zero-order valence-corrected chi connectivity index (χ0v) is 18.8. The molecule has 1 atom stereocenters. The Morgan fingerprint density at radius 1 is 1.06 bits per heavy atom. The van der Waals surface area contributed by atoms with Crippen LogP contribution >= 0.6 is 11.3 Å². The second-order valence-electron chi connectivity index (χ2n) is 6.79. The van der Waals surface area contributed by atoms with E-state index in [1.165, 1.54) is 13.0 Å². The molecule has 0 aliphatic heterocycles. The number of benzene rings is 2. The van der Waals surface area contributed by atoms with Gasteiger partial charge in [0.05, 0.1) is 25.3 Å². The van der Waals surface area contributed by atoms with Gasteiger partial charge in [0.15, 0.2) is 22.9 Å². The van der Waals surface area contributed by atoms with E-state index in [0.29, 0.717) is 23.6 Å². The van der Waals surface area contributed by atoms with Crippen LogP contribution in [0.2, 0.25) is 0 Å². The number of anilines is 1. The second-order valence-corrected chi connectivity index (χ2v) is 7.65. The number of rotatable bonds is 10. The maximum atomic E-state index is 13.4. The average Bonchev–Trinajstić information content (AvgIpc) is 3.25. The van der Waals surface area contributed by atoms with E-state index in [4.69, 9.17) is 14.2 Å². The maximum absolute atomic E-state index is 13.4. The summed E-state index contributed by atoms with van der Waals surface area (Å²) in [4.78, 5) is 28.5. The number of halogens is 2. The largest absolute Gasteiger partial charge is 0.494 e. The van der Waals surface area contributed by atoms with Gasteiger partial charge in [0.25, 0.3) is 5.91 Å². The van der Waals surface area contributed by atoms with E-state index in [1.54, 1.807) is 29.6 Å². The summed E-state index contributed by atoms with van der Waals surface area (Å²) in [6, 6.07) is 10.4. The molecular formula is C23H22F2N2O5S. The summed E-state index contributed by atoms with van der Waals surface area (Å²) >= 11 is 1.11. The lowest BCUT2D eigenvalue weighted by Crippen LogP contribution is -2.30. The van der Waals surface area contributed by atoms with Gasteiger partial charge in [-0.1, -0.05) is 0 Å². The van der Waals surface area contributed by atoms with E-state index in [9.17, 15) is 18.4 Å². The quantitative estimate of drug-likeness (QED) is 0.422. The molecule has 0 spiro atoms. The van der Waals surface area contributed by atoms with Gasteiger partial charge in [0.2, 0.25) is 0 Å². The molecule has 0 fully saturated rings. The molecule has 2 aromatic carbocycles. The summed E-state index contributed by atoms with van der Waals surface area (Å²) < 4.78 is 42.5. The molecular weight excluding hydrogens is 454 g/mol. The van der Waals surface area contributed by atoms with Crippen molar-refractivity contribution in [2.24, 2.45) is 0 Å². The van der Waals surface area contributed by atoms with Crippen molar-refractivity contribution in [3.05, 3.63) is 59.5 Å². The fourth-order valence-corrected chi connectivity index (χ4v) is 3.41. The molecule has 174 valence electrons. The smallest absolute Gasteiger partial charge is 0.310 e. The van der Waals surface area contributed by atoms with Gasteiger partial charge in [0, 0.05) is 10.9 Å². The Morgan fingerprint density at radius 2 is 1.76 bits per heavy atom. The first-order valence-electron chi connectivity index (χ1n) is 10.1. The SMILES string of the molecule is CCOc1ccc(OCCC(=O)OC(C)C(=O)Nc2nc(-c3ccc(F)c(F)c3)cs2)cc1. The van der Waals surface area contributed by atoms with Crippen LogP contribution in [0, 0.1) is 11.6 Å². The minimum absolute atomic E-state index is 0.0393.